The van der Waals surface area contributed by atoms with Crippen molar-refractivity contribution in [1.29, 1.82) is 5.41 Å². The molecule has 0 fully saturated rings. The average molecular weight is 451 g/mol. The fourth-order valence-corrected chi connectivity index (χ4v) is 4.23. The quantitative estimate of drug-likeness (QED) is 0.356. The van der Waals surface area contributed by atoms with E-state index in [0.29, 0.717) is 35.7 Å². The Balaban J connectivity index is 0.00000320. The number of aromatic nitrogens is 1. The molecule has 3 aromatic rings. The Kier molecular flexibility index (Phi) is 7.47. The lowest BCUT2D eigenvalue weighted by atomic mass is 10.1. The van der Waals surface area contributed by atoms with Crippen LogP contribution in [0.1, 0.15) is 22.6 Å². The van der Waals surface area contributed by atoms with Gasteiger partial charge in [-0.15, -0.1) is 12.4 Å². The molecule has 160 valence electrons. The number of benzene rings is 2. The fraction of sp³-hybridized carbons (Fsp3) is 0.200. The van der Waals surface area contributed by atoms with E-state index in [0.717, 1.165) is 5.56 Å². The minimum atomic E-state index is -3.81. The van der Waals surface area contributed by atoms with Gasteiger partial charge in [0.15, 0.2) is 10.7 Å². The third-order valence-electron chi connectivity index (χ3n) is 4.25. The van der Waals surface area contributed by atoms with Crippen molar-refractivity contribution in [3.63, 3.8) is 0 Å². The molecule has 0 saturated carbocycles. The van der Waals surface area contributed by atoms with Gasteiger partial charge in [-0.2, -0.15) is 0 Å². The fourth-order valence-electron chi connectivity index (χ4n) is 2.85. The van der Waals surface area contributed by atoms with E-state index in [1.807, 2.05) is 12.1 Å². The number of nitrogens with one attached hydrogen (secondary N) is 2. The molecule has 8 nitrogen and oxygen atoms in total. The smallest absolute Gasteiger partial charge is 0.267 e. The molecule has 4 N–H and O–H groups in total. The second kappa shape index (κ2) is 9.64. The SMILES string of the molecule is Cc1noc(C)c1S(=O)(=O)Nc1cccc(OCCc2ccc(C(=N)N)cc2)c1.Cl. The van der Waals surface area contributed by atoms with Crippen LogP contribution < -0.4 is 15.2 Å². The Hall–Kier alpha value is -3.04. The molecule has 1 heterocycles. The van der Waals surface area contributed by atoms with Gasteiger partial charge >= 0.3 is 0 Å². The van der Waals surface area contributed by atoms with E-state index >= 15 is 0 Å². The van der Waals surface area contributed by atoms with Crippen LogP contribution in [-0.4, -0.2) is 26.0 Å². The summed E-state index contributed by atoms with van der Waals surface area (Å²) in [6.45, 7) is 3.55. The zero-order chi connectivity index (χ0) is 21.0. The number of aryl methyl sites for hydroxylation is 2. The molecular formula is C20H23ClN4O4S. The zero-order valence-corrected chi connectivity index (χ0v) is 18.1. The number of nitrogen functional groups attached to an aromatic ring is 1. The molecule has 0 aliphatic rings. The van der Waals surface area contributed by atoms with Gasteiger partial charge in [0, 0.05) is 18.1 Å². The summed E-state index contributed by atoms with van der Waals surface area (Å²) >= 11 is 0. The summed E-state index contributed by atoms with van der Waals surface area (Å²) in [4.78, 5) is 0.0397. The molecule has 0 saturated heterocycles. The number of hydrogen-bond donors (Lipinski definition) is 3. The molecule has 30 heavy (non-hydrogen) atoms. The first kappa shape index (κ1) is 23.2. The molecule has 0 atom stereocenters. The van der Waals surface area contributed by atoms with Gasteiger partial charge in [-0.05, 0) is 31.5 Å². The minimum Gasteiger partial charge on any atom is -0.493 e. The molecule has 0 aliphatic carbocycles. The molecule has 3 rings (SSSR count). The van der Waals surface area contributed by atoms with Crippen molar-refractivity contribution in [2.45, 2.75) is 25.2 Å². The van der Waals surface area contributed by atoms with E-state index < -0.39 is 10.0 Å². The predicted molar refractivity (Wildman–Crippen MR) is 117 cm³/mol. The van der Waals surface area contributed by atoms with Crippen molar-refractivity contribution in [1.82, 2.24) is 5.16 Å². The second-order valence-electron chi connectivity index (χ2n) is 6.50. The first-order valence-corrected chi connectivity index (χ1v) is 10.4. The van der Waals surface area contributed by atoms with Crippen LogP contribution >= 0.6 is 12.4 Å². The van der Waals surface area contributed by atoms with E-state index in [9.17, 15) is 8.42 Å². The molecule has 0 amide bonds. The maximum atomic E-state index is 12.6. The Bertz CT molecular complexity index is 1110. The maximum Gasteiger partial charge on any atom is 0.267 e. The highest BCUT2D eigenvalue weighted by atomic mass is 35.5. The number of anilines is 1. The third-order valence-corrected chi connectivity index (χ3v) is 5.87. The van der Waals surface area contributed by atoms with Crippen molar-refractivity contribution >= 4 is 34.0 Å². The standard InChI is InChI=1S/C20H22N4O4S.ClH/c1-13-19(14(2)28-23-13)29(25,26)24-17-4-3-5-18(12-17)27-11-10-15-6-8-16(9-7-15)20(21)22;/h3-9,12,24H,10-11H2,1-2H3,(H3,21,22);1H. The molecule has 10 heteroatoms. The zero-order valence-electron chi connectivity index (χ0n) is 16.5. The van der Waals surface area contributed by atoms with Crippen LogP contribution in [-0.2, 0) is 16.4 Å². The number of nitrogens with zero attached hydrogens (tertiary/aromatic N) is 1. The van der Waals surface area contributed by atoms with Crippen LogP contribution in [0.3, 0.4) is 0 Å². The van der Waals surface area contributed by atoms with Gasteiger partial charge in [0.25, 0.3) is 10.0 Å². The van der Waals surface area contributed by atoms with Crippen LogP contribution in [0, 0.1) is 19.3 Å². The number of sulfonamides is 1. The average Bonchev–Trinajstić information content (AvgIpc) is 3.01. The highest BCUT2D eigenvalue weighted by Gasteiger charge is 2.24. The van der Waals surface area contributed by atoms with Gasteiger partial charge in [0.2, 0.25) is 0 Å². The molecule has 0 bridgehead atoms. The summed E-state index contributed by atoms with van der Waals surface area (Å²) in [5, 5.41) is 11.1. The van der Waals surface area contributed by atoms with Crippen LogP contribution in [0.2, 0.25) is 0 Å². The third kappa shape index (κ3) is 5.52. The summed E-state index contributed by atoms with van der Waals surface area (Å²) < 4.78 is 38.5. The molecule has 2 aromatic carbocycles. The van der Waals surface area contributed by atoms with Crippen molar-refractivity contribution in [2.24, 2.45) is 5.73 Å². The Morgan fingerprint density at radius 2 is 1.90 bits per heavy atom. The highest BCUT2D eigenvalue weighted by molar-refractivity contribution is 7.92. The minimum absolute atomic E-state index is 0. The summed E-state index contributed by atoms with van der Waals surface area (Å²) in [6.07, 6.45) is 0.660. The number of amidine groups is 1. The maximum absolute atomic E-state index is 12.6. The summed E-state index contributed by atoms with van der Waals surface area (Å²) in [5.41, 5.74) is 7.85. The van der Waals surface area contributed by atoms with Crippen molar-refractivity contribution < 1.29 is 17.7 Å². The monoisotopic (exact) mass is 450 g/mol. The normalized spacial score (nSPS) is 10.9. The molecule has 0 spiro atoms. The van der Waals surface area contributed by atoms with Crippen LogP contribution in [0.4, 0.5) is 5.69 Å². The topological polar surface area (TPSA) is 131 Å². The van der Waals surface area contributed by atoms with Crippen molar-refractivity contribution in [3.8, 4) is 5.75 Å². The van der Waals surface area contributed by atoms with Gasteiger partial charge in [-0.3, -0.25) is 10.1 Å². The summed E-state index contributed by atoms with van der Waals surface area (Å²) in [5.74, 6) is 0.811. The largest absolute Gasteiger partial charge is 0.493 e. The van der Waals surface area contributed by atoms with E-state index in [-0.39, 0.29) is 28.9 Å². The molecule has 0 aliphatic heterocycles. The number of ether oxygens (including phenoxy) is 1. The number of rotatable bonds is 8. The van der Waals surface area contributed by atoms with Crippen LogP contribution in [0.15, 0.2) is 57.9 Å². The lowest BCUT2D eigenvalue weighted by Gasteiger charge is -2.10. The Morgan fingerprint density at radius 3 is 2.50 bits per heavy atom. The van der Waals surface area contributed by atoms with Crippen molar-refractivity contribution in [3.05, 3.63) is 71.1 Å². The molecular weight excluding hydrogens is 428 g/mol. The van der Waals surface area contributed by atoms with Crippen LogP contribution in [0.5, 0.6) is 5.75 Å². The molecule has 0 radical (unpaired) electrons. The van der Waals surface area contributed by atoms with Gasteiger partial charge in [0.1, 0.15) is 17.3 Å². The van der Waals surface area contributed by atoms with E-state index in [4.69, 9.17) is 20.4 Å². The number of hydrogen-bond acceptors (Lipinski definition) is 6. The number of nitrogens with two attached hydrogens (primary N) is 1. The highest BCUT2D eigenvalue weighted by Crippen LogP contribution is 2.24. The van der Waals surface area contributed by atoms with Gasteiger partial charge < -0.3 is 15.0 Å². The van der Waals surface area contributed by atoms with Gasteiger partial charge in [-0.25, -0.2) is 8.42 Å². The summed E-state index contributed by atoms with van der Waals surface area (Å²) in [7, 11) is -3.81. The summed E-state index contributed by atoms with van der Waals surface area (Å²) in [6, 6.07) is 14.1. The van der Waals surface area contributed by atoms with E-state index in [2.05, 4.69) is 9.88 Å². The molecule has 0 unspecified atom stereocenters. The Labute approximate surface area is 181 Å². The lowest BCUT2D eigenvalue weighted by molar-refractivity contribution is 0.322. The first-order chi connectivity index (χ1) is 13.8. The number of halogens is 1. The molecule has 1 aromatic heterocycles. The first-order valence-electron chi connectivity index (χ1n) is 8.88. The van der Waals surface area contributed by atoms with Gasteiger partial charge in [0.05, 0.1) is 12.3 Å². The van der Waals surface area contributed by atoms with Crippen molar-refractivity contribution in [2.75, 3.05) is 11.3 Å². The predicted octanol–water partition coefficient (Wildman–Crippen LogP) is 3.42. The van der Waals surface area contributed by atoms with Crippen LogP contribution in [0.25, 0.3) is 0 Å². The van der Waals surface area contributed by atoms with Gasteiger partial charge in [-0.1, -0.05) is 35.5 Å². The van der Waals surface area contributed by atoms with E-state index in [1.54, 1.807) is 50.2 Å². The second-order valence-corrected chi connectivity index (χ2v) is 8.11. The lowest BCUT2D eigenvalue weighted by Crippen LogP contribution is -2.14. The Morgan fingerprint density at radius 1 is 1.20 bits per heavy atom. The van der Waals surface area contributed by atoms with E-state index in [1.165, 1.54) is 0 Å².